The Morgan fingerprint density at radius 3 is 2.58 bits per heavy atom. The predicted octanol–water partition coefficient (Wildman–Crippen LogP) is 0.562. The number of rotatable bonds is 5. The summed E-state index contributed by atoms with van der Waals surface area (Å²) < 4.78 is 27.1. The number of aromatic nitrogens is 2. The lowest BCUT2D eigenvalue weighted by Crippen LogP contribution is -2.48. The number of benzene rings is 1. The van der Waals surface area contributed by atoms with Crippen LogP contribution in [0.3, 0.4) is 0 Å². The molecule has 0 saturated heterocycles. The summed E-state index contributed by atoms with van der Waals surface area (Å²) in [6, 6.07) is 9.23. The Hall–Kier alpha value is -1.70. The van der Waals surface area contributed by atoms with E-state index in [2.05, 4.69) is 14.9 Å². The average Bonchev–Trinajstić information content (AvgIpc) is 2.94. The van der Waals surface area contributed by atoms with Crippen molar-refractivity contribution in [3.05, 3.63) is 48.3 Å². The van der Waals surface area contributed by atoms with Gasteiger partial charge in [0, 0.05) is 12.7 Å². The maximum Gasteiger partial charge on any atom is 0.244 e. The highest BCUT2D eigenvalue weighted by atomic mass is 32.2. The number of nitrogens with two attached hydrogens (primary N) is 1. The number of aromatic amines is 1. The van der Waals surface area contributed by atoms with Crippen LogP contribution in [-0.4, -0.2) is 25.2 Å². The number of hydrogen-bond donors (Lipinski definition) is 3. The molecule has 6 nitrogen and oxygen atoms in total. The smallest absolute Gasteiger partial charge is 0.244 e. The molecule has 7 heteroatoms. The summed E-state index contributed by atoms with van der Waals surface area (Å²) in [6.45, 7) is 1.90. The minimum absolute atomic E-state index is 0.0862. The topological polar surface area (TPSA) is 101 Å². The van der Waals surface area contributed by atoms with E-state index in [0.717, 1.165) is 5.56 Å². The second-order valence-electron chi connectivity index (χ2n) is 4.44. The summed E-state index contributed by atoms with van der Waals surface area (Å²) in [6.07, 6.45) is 2.58. The van der Waals surface area contributed by atoms with Crippen LogP contribution < -0.4 is 10.5 Å². The molecule has 1 heterocycles. The van der Waals surface area contributed by atoms with Crippen LogP contribution >= 0.6 is 0 Å². The van der Waals surface area contributed by atoms with Gasteiger partial charge >= 0.3 is 0 Å². The zero-order valence-electron chi connectivity index (χ0n) is 10.5. The Bertz CT molecular complexity index is 625. The van der Waals surface area contributed by atoms with Crippen molar-refractivity contribution in [2.45, 2.75) is 17.4 Å². The van der Waals surface area contributed by atoms with Crippen LogP contribution in [0.25, 0.3) is 0 Å². The van der Waals surface area contributed by atoms with Gasteiger partial charge in [-0.1, -0.05) is 30.3 Å². The molecular formula is C12H16N4O2S. The van der Waals surface area contributed by atoms with Crippen molar-refractivity contribution in [3.8, 4) is 0 Å². The van der Waals surface area contributed by atoms with E-state index >= 15 is 0 Å². The van der Waals surface area contributed by atoms with Crippen molar-refractivity contribution in [1.82, 2.24) is 14.9 Å². The first kappa shape index (κ1) is 13.7. The Labute approximate surface area is 112 Å². The molecule has 0 amide bonds. The number of H-pyrrole nitrogens is 1. The van der Waals surface area contributed by atoms with E-state index in [1.165, 1.54) is 12.4 Å². The zero-order valence-corrected chi connectivity index (χ0v) is 11.3. The van der Waals surface area contributed by atoms with Crippen LogP contribution in [0.1, 0.15) is 12.5 Å². The summed E-state index contributed by atoms with van der Waals surface area (Å²) in [5.74, 6) is 0. The summed E-state index contributed by atoms with van der Waals surface area (Å²) in [5.41, 5.74) is 5.70. The summed E-state index contributed by atoms with van der Waals surface area (Å²) in [7, 11) is -3.66. The SMILES string of the molecule is CC(CN)(NS(=O)(=O)c1cn[nH]c1)c1ccccc1. The fraction of sp³-hybridized carbons (Fsp3) is 0.250. The van der Waals surface area contributed by atoms with Gasteiger partial charge in [-0.15, -0.1) is 0 Å². The quantitative estimate of drug-likeness (QED) is 0.745. The largest absolute Gasteiger partial charge is 0.328 e. The number of hydrogen-bond acceptors (Lipinski definition) is 4. The van der Waals surface area contributed by atoms with Crippen LogP contribution in [0.4, 0.5) is 0 Å². The molecule has 2 aromatic rings. The van der Waals surface area contributed by atoms with Crippen LogP contribution in [-0.2, 0) is 15.6 Å². The molecule has 19 heavy (non-hydrogen) atoms. The average molecular weight is 280 g/mol. The molecular weight excluding hydrogens is 264 g/mol. The molecule has 1 aromatic carbocycles. The molecule has 0 spiro atoms. The molecule has 0 aliphatic rings. The van der Waals surface area contributed by atoms with Gasteiger partial charge in [-0.25, -0.2) is 8.42 Å². The molecule has 102 valence electrons. The van der Waals surface area contributed by atoms with E-state index in [-0.39, 0.29) is 11.4 Å². The molecule has 0 radical (unpaired) electrons. The highest BCUT2D eigenvalue weighted by molar-refractivity contribution is 7.89. The summed E-state index contributed by atoms with van der Waals surface area (Å²) >= 11 is 0. The lowest BCUT2D eigenvalue weighted by Gasteiger charge is -2.29. The van der Waals surface area contributed by atoms with Crippen LogP contribution in [0, 0.1) is 0 Å². The Kier molecular flexibility index (Phi) is 3.70. The Morgan fingerprint density at radius 2 is 2.05 bits per heavy atom. The van der Waals surface area contributed by atoms with Gasteiger partial charge in [-0.05, 0) is 12.5 Å². The molecule has 0 saturated carbocycles. The molecule has 0 bridgehead atoms. The van der Waals surface area contributed by atoms with Crippen LogP contribution in [0.15, 0.2) is 47.6 Å². The number of nitrogens with one attached hydrogen (secondary N) is 2. The van der Waals surface area contributed by atoms with Gasteiger partial charge in [0.05, 0.1) is 11.7 Å². The van der Waals surface area contributed by atoms with Crippen molar-refractivity contribution in [1.29, 1.82) is 0 Å². The summed E-state index contributed by atoms with van der Waals surface area (Å²) in [4.78, 5) is 0.0862. The predicted molar refractivity (Wildman–Crippen MR) is 71.8 cm³/mol. The van der Waals surface area contributed by atoms with Crippen molar-refractivity contribution in [2.24, 2.45) is 5.73 Å². The second-order valence-corrected chi connectivity index (χ2v) is 6.12. The molecule has 0 aliphatic heterocycles. The maximum absolute atomic E-state index is 12.2. The van der Waals surface area contributed by atoms with Crippen LogP contribution in [0.5, 0.6) is 0 Å². The monoisotopic (exact) mass is 280 g/mol. The van der Waals surface area contributed by atoms with E-state index in [0.29, 0.717) is 0 Å². The molecule has 1 unspecified atom stereocenters. The minimum atomic E-state index is -3.66. The standard InChI is InChI=1S/C12H16N4O2S/c1-12(9-13,10-5-3-2-4-6-10)16-19(17,18)11-7-14-15-8-11/h2-8,16H,9,13H2,1H3,(H,14,15). The van der Waals surface area contributed by atoms with E-state index in [4.69, 9.17) is 5.73 Å². The highest BCUT2D eigenvalue weighted by Crippen LogP contribution is 2.22. The lowest BCUT2D eigenvalue weighted by atomic mass is 9.94. The molecule has 1 aromatic heterocycles. The third-order valence-electron chi connectivity index (χ3n) is 2.96. The number of sulfonamides is 1. The highest BCUT2D eigenvalue weighted by Gasteiger charge is 2.31. The van der Waals surface area contributed by atoms with Crippen molar-refractivity contribution < 1.29 is 8.42 Å². The van der Waals surface area contributed by atoms with Gasteiger partial charge in [-0.3, -0.25) is 5.10 Å². The number of nitrogens with zero attached hydrogens (tertiary/aromatic N) is 1. The van der Waals surface area contributed by atoms with Gasteiger partial charge in [-0.2, -0.15) is 9.82 Å². The third kappa shape index (κ3) is 2.83. The van der Waals surface area contributed by atoms with Gasteiger partial charge in [0.2, 0.25) is 10.0 Å². The summed E-state index contributed by atoms with van der Waals surface area (Å²) in [5, 5.41) is 6.12. The molecule has 1 atom stereocenters. The van der Waals surface area contributed by atoms with E-state index < -0.39 is 15.6 Å². The van der Waals surface area contributed by atoms with Crippen molar-refractivity contribution >= 4 is 10.0 Å². The fourth-order valence-corrected chi connectivity index (χ4v) is 3.08. The molecule has 2 rings (SSSR count). The third-order valence-corrected chi connectivity index (χ3v) is 4.53. The van der Waals surface area contributed by atoms with Gasteiger partial charge in [0.1, 0.15) is 4.90 Å². The first-order chi connectivity index (χ1) is 8.98. The maximum atomic E-state index is 12.2. The van der Waals surface area contributed by atoms with Crippen LogP contribution in [0.2, 0.25) is 0 Å². The fourth-order valence-electron chi connectivity index (χ4n) is 1.77. The van der Waals surface area contributed by atoms with Gasteiger partial charge in [0.15, 0.2) is 0 Å². The van der Waals surface area contributed by atoms with E-state index in [9.17, 15) is 8.42 Å². The Morgan fingerprint density at radius 1 is 1.37 bits per heavy atom. The first-order valence-electron chi connectivity index (χ1n) is 5.76. The lowest BCUT2D eigenvalue weighted by molar-refractivity contribution is 0.441. The van der Waals surface area contributed by atoms with E-state index in [1.807, 2.05) is 30.3 Å². The van der Waals surface area contributed by atoms with Crippen molar-refractivity contribution in [2.75, 3.05) is 6.54 Å². The zero-order chi connectivity index (χ0) is 13.9. The second kappa shape index (κ2) is 5.12. The normalized spacial score (nSPS) is 15.1. The minimum Gasteiger partial charge on any atom is -0.328 e. The van der Waals surface area contributed by atoms with Gasteiger partial charge < -0.3 is 5.73 Å². The molecule has 0 aliphatic carbocycles. The van der Waals surface area contributed by atoms with E-state index in [1.54, 1.807) is 6.92 Å². The Balaban J connectivity index is 2.35. The van der Waals surface area contributed by atoms with Crippen molar-refractivity contribution in [3.63, 3.8) is 0 Å². The first-order valence-corrected chi connectivity index (χ1v) is 7.25. The molecule has 0 fully saturated rings. The molecule has 4 N–H and O–H groups in total. The van der Waals surface area contributed by atoms with Gasteiger partial charge in [0.25, 0.3) is 0 Å².